The summed E-state index contributed by atoms with van der Waals surface area (Å²) in [5.74, 6) is 2.06. The number of hydrogen-bond acceptors (Lipinski definition) is 6. The van der Waals surface area contributed by atoms with Crippen LogP contribution in [0.25, 0.3) is 0 Å². The van der Waals surface area contributed by atoms with E-state index in [1.807, 2.05) is 30.3 Å². The number of hydrazone groups is 1. The number of carbonyl (C=O) groups is 1. The largest absolute Gasteiger partial charge is 0.496 e. The molecule has 4 rings (SSSR count). The van der Waals surface area contributed by atoms with Gasteiger partial charge in [-0.15, -0.1) is 0 Å². The highest BCUT2D eigenvalue weighted by molar-refractivity contribution is 6.43. The Morgan fingerprint density at radius 3 is 2.57 bits per heavy atom. The van der Waals surface area contributed by atoms with Crippen molar-refractivity contribution in [1.29, 1.82) is 0 Å². The first-order chi connectivity index (χ1) is 14.5. The molecule has 2 heterocycles. The second kappa shape index (κ2) is 8.10. The molecule has 0 radical (unpaired) electrons. The number of likely N-dealkylation sites (N-methyl/N-ethyl adjacent to an activating group) is 1. The summed E-state index contributed by atoms with van der Waals surface area (Å²) in [7, 11) is 3.35. The lowest BCUT2D eigenvalue weighted by Crippen LogP contribution is -2.40. The lowest BCUT2D eigenvalue weighted by molar-refractivity contribution is -0.120. The average Bonchev–Trinajstić information content (AvgIpc) is 3.13. The molecule has 0 N–H and O–H groups in total. The zero-order valence-corrected chi connectivity index (χ0v) is 17.5. The van der Waals surface area contributed by atoms with Crippen molar-refractivity contribution in [1.82, 2.24) is 5.01 Å². The smallest absolute Gasteiger partial charge is 0.278 e. The zero-order chi connectivity index (χ0) is 21.3. The van der Waals surface area contributed by atoms with E-state index in [-0.39, 0.29) is 5.91 Å². The van der Waals surface area contributed by atoms with Gasteiger partial charge in [0.15, 0.2) is 11.9 Å². The van der Waals surface area contributed by atoms with Crippen LogP contribution in [0.15, 0.2) is 57.6 Å². The Kier molecular flexibility index (Phi) is 5.35. The van der Waals surface area contributed by atoms with Gasteiger partial charge >= 0.3 is 0 Å². The van der Waals surface area contributed by atoms with Crippen LogP contribution in [0.5, 0.6) is 11.5 Å². The quantitative estimate of drug-likeness (QED) is 0.739. The summed E-state index contributed by atoms with van der Waals surface area (Å²) < 4.78 is 11.4. The first-order valence-electron chi connectivity index (χ1n) is 9.84. The van der Waals surface area contributed by atoms with Crippen LogP contribution in [0, 0.1) is 0 Å². The van der Waals surface area contributed by atoms with E-state index in [0.717, 1.165) is 16.9 Å². The van der Waals surface area contributed by atoms with Crippen LogP contribution in [0.2, 0.25) is 0 Å². The SMILES string of the molecule is COc1ccc(C2=NC(=O)C3C(=N2)C=NN3C)cc1COc1ccc(C(C)C)cc1. The Labute approximate surface area is 175 Å². The van der Waals surface area contributed by atoms with Gasteiger partial charge in [0.25, 0.3) is 5.91 Å². The van der Waals surface area contributed by atoms with Crippen molar-refractivity contribution < 1.29 is 14.3 Å². The van der Waals surface area contributed by atoms with E-state index in [1.54, 1.807) is 25.4 Å². The summed E-state index contributed by atoms with van der Waals surface area (Å²) in [4.78, 5) is 21.1. The van der Waals surface area contributed by atoms with Gasteiger partial charge in [-0.3, -0.25) is 9.80 Å². The van der Waals surface area contributed by atoms with Crippen molar-refractivity contribution in [3.63, 3.8) is 0 Å². The fraction of sp³-hybridized carbons (Fsp3) is 0.304. The maximum Gasteiger partial charge on any atom is 0.278 e. The first kappa shape index (κ1) is 19.8. The number of amides is 1. The zero-order valence-electron chi connectivity index (χ0n) is 17.5. The third kappa shape index (κ3) is 3.83. The maximum absolute atomic E-state index is 12.4. The monoisotopic (exact) mass is 404 g/mol. The number of nitrogens with zero attached hydrogens (tertiary/aromatic N) is 4. The van der Waals surface area contributed by atoms with E-state index in [2.05, 4.69) is 41.1 Å². The molecule has 154 valence electrons. The Hall–Kier alpha value is -3.48. The summed E-state index contributed by atoms with van der Waals surface area (Å²) in [6.45, 7) is 4.64. The predicted molar refractivity (Wildman–Crippen MR) is 117 cm³/mol. The van der Waals surface area contributed by atoms with Crippen molar-refractivity contribution in [2.45, 2.75) is 32.4 Å². The van der Waals surface area contributed by atoms with Crippen LogP contribution < -0.4 is 9.47 Å². The molecule has 2 aliphatic heterocycles. The van der Waals surface area contributed by atoms with E-state index in [0.29, 0.717) is 29.8 Å². The summed E-state index contributed by atoms with van der Waals surface area (Å²) in [5, 5.41) is 5.70. The minimum absolute atomic E-state index is 0.270. The normalized spacial score (nSPS) is 17.7. The third-order valence-electron chi connectivity index (χ3n) is 5.19. The van der Waals surface area contributed by atoms with Crippen molar-refractivity contribution in [2.24, 2.45) is 15.1 Å². The number of ether oxygens (including phenoxy) is 2. The fourth-order valence-corrected chi connectivity index (χ4v) is 3.44. The van der Waals surface area contributed by atoms with Crippen molar-refractivity contribution in [3.05, 3.63) is 59.2 Å². The molecule has 2 aromatic carbocycles. The number of fused-ring (bicyclic) bond motifs is 1. The molecule has 0 fully saturated rings. The Morgan fingerprint density at radius 2 is 1.87 bits per heavy atom. The molecule has 0 spiro atoms. The van der Waals surface area contributed by atoms with E-state index in [4.69, 9.17) is 9.47 Å². The van der Waals surface area contributed by atoms with Crippen LogP contribution in [0.3, 0.4) is 0 Å². The second-order valence-corrected chi connectivity index (χ2v) is 7.57. The molecule has 7 nitrogen and oxygen atoms in total. The molecular formula is C23H24N4O3. The number of amidine groups is 1. The predicted octanol–water partition coefficient (Wildman–Crippen LogP) is 3.43. The molecule has 0 aliphatic carbocycles. The lowest BCUT2D eigenvalue weighted by atomic mass is 10.0. The number of rotatable bonds is 6. The number of methoxy groups -OCH3 is 1. The summed E-state index contributed by atoms with van der Waals surface area (Å²) in [5.41, 5.74) is 3.44. The van der Waals surface area contributed by atoms with Gasteiger partial charge in [-0.2, -0.15) is 10.1 Å². The van der Waals surface area contributed by atoms with Crippen molar-refractivity contribution in [3.8, 4) is 11.5 Å². The molecule has 30 heavy (non-hydrogen) atoms. The van der Waals surface area contributed by atoms with E-state index < -0.39 is 6.04 Å². The van der Waals surface area contributed by atoms with Gasteiger partial charge in [0, 0.05) is 18.2 Å². The van der Waals surface area contributed by atoms with E-state index in [1.165, 1.54) is 5.56 Å². The molecule has 1 amide bonds. The Bertz CT molecular complexity index is 1050. The Balaban J connectivity index is 1.56. The number of carbonyl (C=O) groups excluding carboxylic acids is 1. The van der Waals surface area contributed by atoms with Gasteiger partial charge in [0.2, 0.25) is 0 Å². The van der Waals surface area contributed by atoms with E-state index >= 15 is 0 Å². The highest BCUT2D eigenvalue weighted by Crippen LogP contribution is 2.25. The Morgan fingerprint density at radius 1 is 1.10 bits per heavy atom. The summed E-state index contributed by atoms with van der Waals surface area (Å²) in [6, 6.07) is 13.1. The molecule has 2 aromatic rings. The van der Waals surface area contributed by atoms with Gasteiger partial charge < -0.3 is 9.47 Å². The molecule has 0 saturated carbocycles. The minimum atomic E-state index is -0.524. The van der Waals surface area contributed by atoms with Crippen LogP contribution >= 0.6 is 0 Å². The van der Waals surface area contributed by atoms with Crippen LogP contribution in [-0.4, -0.2) is 48.9 Å². The maximum atomic E-state index is 12.4. The van der Waals surface area contributed by atoms with Crippen LogP contribution in [-0.2, 0) is 11.4 Å². The van der Waals surface area contributed by atoms with Gasteiger partial charge in [-0.1, -0.05) is 26.0 Å². The van der Waals surface area contributed by atoms with Crippen LogP contribution in [0.4, 0.5) is 0 Å². The second-order valence-electron chi connectivity index (χ2n) is 7.57. The molecule has 0 saturated heterocycles. The molecule has 7 heteroatoms. The fourth-order valence-electron chi connectivity index (χ4n) is 3.44. The van der Waals surface area contributed by atoms with Crippen molar-refractivity contribution in [2.75, 3.05) is 14.2 Å². The highest BCUT2D eigenvalue weighted by Gasteiger charge is 2.35. The minimum Gasteiger partial charge on any atom is -0.496 e. The third-order valence-corrected chi connectivity index (χ3v) is 5.19. The molecule has 1 unspecified atom stereocenters. The van der Waals surface area contributed by atoms with Gasteiger partial charge in [-0.05, 0) is 41.8 Å². The molecule has 0 aromatic heterocycles. The van der Waals surface area contributed by atoms with Crippen molar-refractivity contribution >= 4 is 23.7 Å². The average molecular weight is 404 g/mol. The number of hydrogen-bond donors (Lipinski definition) is 0. The highest BCUT2D eigenvalue weighted by atomic mass is 16.5. The van der Waals surface area contributed by atoms with Gasteiger partial charge in [0.05, 0.1) is 19.0 Å². The summed E-state index contributed by atoms with van der Waals surface area (Å²) in [6.07, 6.45) is 1.60. The number of aliphatic imine (C=N–C) groups is 2. The molecule has 2 aliphatic rings. The molecule has 1 atom stereocenters. The van der Waals surface area contributed by atoms with Gasteiger partial charge in [0.1, 0.15) is 18.1 Å². The first-order valence-corrected chi connectivity index (χ1v) is 9.84. The summed E-state index contributed by atoms with van der Waals surface area (Å²) >= 11 is 0. The lowest BCUT2D eigenvalue weighted by Gasteiger charge is -2.19. The standard InChI is InChI=1S/C23H24N4O3/c1-14(2)15-5-8-18(9-6-15)30-13-17-11-16(7-10-20(17)29-4)22-25-19-12-24-27(3)21(19)23(28)26-22/h5-12,14,21H,13H2,1-4H3. The number of benzene rings is 2. The topological polar surface area (TPSA) is 75.8 Å². The molecule has 0 bridgehead atoms. The van der Waals surface area contributed by atoms with Crippen LogP contribution in [0.1, 0.15) is 36.5 Å². The molecular weight excluding hydrogens is 380 g/mol. The van der Waals surface area contributed by atoms with Gasteiger partial charge in [-0.25, -0.2) is 4.99 Å². The van der Waals surface area contributed by atoms with E-state index in [9.17, 15) is 4.79 Å².